The van der Waals surface area contributed by atoms with Crippen LogP contribution in [0.1, 0.15) is 22.6 Å². The van der Waals surface area contributed by atoms with E-state index in [9.17, 15) is 4.79 Å². The Hall–Kier alpha value is -2.90. The second-order valence-corrected chi connectivity index (χ2v) is 7.52. The second kappa shape index (κ2) is 7.61. The second-order valence-electron chi connectivity index (χ2n) is 6.29. The maximum Gasteiger partial charge on any atom is 0.244 e. The Morgan fingerprint density at radius 1 is 1.29 bits per heavy atom. The molecule has 3 heterocycles. The first kappa shape index (κ1) is 18.5. The van der Waals surface area contributed by atoms with Crippen LogP contribution in [0.2, 0.25) is 5.15 Å². The summed E-state index contributed by atoms with van der Waals surface area (Å²) >= 11 is 7.64. The molecule has 0 unspecified atom stereocenters. The molecule has 0 aliphatic carbocycles. The number of hydrogen-bond donors (Lipinski definition) is 1. The molecule has 0 saturated heterocycles. The molecule has 1 N–H and O–H groups in total. The number of carbonyl (C=O) groups is 1. The number of thiazole rings is 1. The molecule has 1 amide bonds. The molecule has 0 aliphatic heterocycles. The van der Waals surface area contributed by atoms with Gasteiger partial charge in [-0.1, -0.05) is 29.8 Å². The normalized spacial score (nSPS) is 11.5. The summed E-state index contributed by atoms with van der Waals surface area (Å²) in [4.78, 5) is 17.3. The standard InChI is InChI=1S/C20H18ClN5OS/c1-13-16(14(2)26(24-13)15-6-4-3-5-7-15)12-22-18(27)9-8-17-19(21)23-20-25(17)10-11-28-20/h3-11H,12H2,1-2H3,(H,22,27)/b9-8+. The first-order chi connectivity index (χ1) is 13.5. The lowest BCUT2D eigenvalue weighted by atomic mass is 10.2. The Morgan fingerprint density at radius 2 is 2.07 bits per heavy atom. The first-order valence-corrected chi connectivity index (χ1v) is 9.98. The fourth-order valence-electron chi connectivity index (χ4n) is 3.07. The zero-order valence-corrected chi connectivity index (χ0v) is 17.0. The van der Waals surface area contributed by atoms with Gasteiger partial charge in [0.1, 0.15) is 0 Å². The minimum Gasteiger partial charge on any atom is -0.348 e. The highest BCUT2D eigenvalue weighted by Crippen LogP contribution is 2.22. The van der Waals surface area contributed by atoms with Gasteiger partial charge in [0.25, 0.3) is 0 Å². The highest BCUT2D eigenvalue weighted by atomic mass is 35.5. The SMILES string of the molecule is Cc1nn(-c2ccccc2)c(C)c1CNC(=O)/C=C/c1c(Cl)nc2sccn12. The van der Waals surface area contributed by atoms with E-state index in [1.807, 2.05) is 64.8 Å². The third-order valence-electron chi connectivity index (χ3n) is 4.53. The Labute approximate surface area is 171 Å². The lowest BCUT2D eigenvalue weighted by Crippen LogP contribution is -2.21. The van der Waals surface area contributed by atoms with Gasteiger partial charge in [-0.3, -0.25) is 9.20 Å². The zero-order chi connectivity index (χ0) is 19.7. The number of rotatable bonds is 5. The molecule has 3 aromatic heterocycles. The molecule has 4 aromatic rings. The minimum atomic E-state index is -0.201. The van der Waals surface area contributed by atoms with Crippen LogP contribution in [0.5, 0.6) is 0 Å². The van der Waals surface area contributed by atoms with Crippen molar-refractivity contribution in [2.75, 3.05) is 0 Å². The van der Waals surface area contributed by atoms with Crippen molar-refractivity contribution in [1.29, 1.82) is 0 Å². The smallest absolute Gasteiger partial charge is 0.244 e. The van der Waals surface area contributed by atoms with E-state index >= 15 is 0 Å². The molecule has 8 heteroatoms. The number of fused-ring (bicyclic) bond motifs is 1. The van der Waals surface area contributed by atoms with Gasteiger partial charge < -0.3 is 5.32 Å². The van der Waals surface area contributed by atoms with Crippen LogP contribution in [0.3, 0.4) is 0 Å². The highest BCUT2D eigenvalue weighted by molar-refractivity contribution is 7.15. The fraction of sp³-hybridized carbons (Fsp3) is 0.150. The van der Waals surface area contributed by atoms with Crippen molar-refractivity contribution in [2.24, 2.45) is 0 Å². The van der Waals surface area contributed by atoms with Crippen molar-refractivity contribution in [1.82, 2.24) is 24.5 Å². The van der Waals surface area contributed by atoms with Crippen LogP contribution in [0.25, 0.3) is 16.7 Å². The van der Waals surface area contributed by atoms with E-state index in [0.29, 0.717) is 17.4 Å². The van der Waals surface area contributed by atoms with Gasteiger partial charge in [-0.2, -0.15) is 5.10 Å². The Balaban J connectivity index is 1.47. The van der Waals surface area contributed by atoms with Crippen LogP contribution in [-0.4, -0.2) is 25.1 Å². The van der Waals surface area contributed by atoms with Crippen LogP contribution >= 0.6 is 22.9 Å². The summed E-state index contributed by atoms with van der Waals surface area (Å²) in [6, 6.07) is 9.93. The van der Waals surface area contributed by atoms with Crippen molar-refractivity contribution in [2.45, 2.75) is 20.4 Å². The van der Waals surface area contributed by atoms with Crippen LogP contribution in [0.4, 0.5) is 0 Å². The summed E-state index contributed by atoms with van der Waals surface area (Å²) < 4.78 is 3.75. The molecule has 0 radical (unpaired) electrons. The summed E-state index contributed by atoms with van der Waals surface area (Å²) in [6.45, 7) is 4.36. The number of carbonyl (C=O) groups excluding carboxylic acids is 1. The number of nitrogens with one attached hydrogen (secondary N) is 1. The maximum absolute atomic E-state index is 12.3. The lowest BCUT2D eigenvalue weighted by molar-refractivity contribution is -0.116. The van der Waals surface area contributed by atoms with Crippen molar-refractivity contribution in [3.05, 3.63) is 75.8 Å². The molecule has 4 rings (SSSR count). The minimum absolute atomic E-state index is 0.201. The number of amides is 1. The molecule has 6 nitrogen and oxygen atoms in total. The summed E-state index contributed by atoms with van der Waals surface area (Å²) in [6.07, 6.45) is 5.03. The predicted molar refractivity (Wildman–Crippen MR) is 112 cm³/mol. The fourth-order valence-corrected chi connectivity index (χ4v) is 4.07. The maximum atomic E-state index is 12.3. The number of halogens is 1. The molecule has 1 aromatic carbocycles. The molecule has 0 spiro atoms. The monoisotopic (exact) mass is 411 g/mol. The Bertz CT molecular complexity index is 1170. The van der Waals surface area contributed by atoms with Gasteiger partial charge in [0.15, 0.2) is 10.1 Å². The van der Waals surface area contributed by atoms with E-state index in [0.717, 1.165) is 27.6 Å². The zero-order valence-electron chi connectivity index (χ0n) is 15.4. The first-order valence-electron chi connectivity index (χ1n) is 8.72. The quantitative estimate of drug-likeness (QED) is 0.501. The summed E-state index contributed by atoms with van der Waals surface area (Å²) in [5.74, 6) is -0.201. The van der Waals surface area contributed by atoms with Crippen LogP contribution in [0, 0.1) is 13.8 Å². The summed E-state index contributed by atoms with van der Waals surface area (Å²) in [5.41, 5.74) is 4.59. The molecule has 142 valence electrons. The summed E-state index contributed by atoms with van der Waals surface area (Å²) in [7, 11) is 0. The third-order valence-corrected chi connectivity index (χ3v) is 5.56. The van der Waals surface area contributed by atoms with E-state index in [2.05, 4.69) is 15.4 Å². The van der Waals surface area contributed by atoms with E-state index in [-0.39, 0.29) is 5.91 Å². The molecule has 28 heavy (non-hydrogen) atoms. The average molecular weight is 412 g/mol. The predicted octanol–water partition coefficient (Wildman–Crippen LogP) is 4.18. The van der Waals surface area contributed by atoms with Gasteiger partial charge in [0, 0.05) is 35.5 Å². The van der Waals surface area contributed by atoms with Gasteiger partial charge >= 0.3 is 0 Å². The largest absolute Gasteiger partial charge is 0.348 e. The number of nitrogens with zero attached hydrogens (tertiary/aromatic N) is 4. The van der Waals surface area contributed by atoms with Gasteiger partial charge in [0.05, 0.1) is 17.1 Å². The molecular formula is C20H18ClN5OS. The lowest BCUT2D eigenvalue weighted by Gasteiger charge is -2.06. The number of hydrogen-bond acceptors (Lipinski definition) is 4. The molecule has 0 bridgehead atoms. The van der Waals surface area contributed by atoms with Crippen LogP contribution in [-0.2, 0) is 11.3 Å². The molecule has 0 saturated carbocycles. The van der Waals surface area contributed by atoms with Gasteiger partial charge in [-0.15, -0.1) is 11.3 Å². The Kier molecular flexibility index (Phi) is 5.02. The van der Waals surface area contributed by atoms with Crippen LogP contribution < -0.4 is 5.32 Å². The van der Waals surface area contributed by atoms with Crippen LogP contribution in [0.15, 0.2) is 48.0 Å². The van der Waals surface area contributed by atoms with E-state index < -0.39 is 0 Å². The summed E-state index contributed by atoms with van der Waals surface area (Å²) in [5, 5.41) is 9.83. The van der Waals surface area contributed by atoms with E-state index in [1.54, 1.807) is 6.08 Å². The number of aromatic nitrogens is 4. The highest BCUT2D eigenvalue weighted by Gasteiger charge is 2.13. The number of imidazole rings is 1. The van der Waals surface area contributed by atoms with Crippen molar-refractivity contribution >= 4 is 39.9 Å². The number of para-hydroxylation sites is 1. The molecule has 0 aliphatic rings. The average Bonchev–Trinajstić information content (AvgIpc) is 3.33. The number of benzene rings is 1. The molecule has 0 fully saturated rings. The van der Waals surface area contributed by atoms with Crippen molar-refractivity contribution in [3.63, 3.8) is 0 Å². The van der Waals surface area contributed by atoms with E-state index in [1.165, 1.54) is 17.4 Å². The van der Waals surface area contributed by atoms with Crippen molar-refractivity contribution < 1.29 is 4.79 Å². The van der Waals surface area contributed by atoms with Gasteiger partial charge in [-0.05, 0) is 32.1 Å². The Morgan fingerprint density at radius 3 is 2.86 bits per heavy atom. The topological polar surface area (TPSA) is 64.2 Å². The molecular weight excluding hydrogens is 394 g/mol. The third kappa shape index (κ3) is 3.46. The molecule has 0 atom stereocenters. The number of aryl methyl sites for hydroxylation is 1. The van der Waals surface area contributed by atoms with Gasteiger partial charge in [-0.25, -0.2) is 9.67 Å². The van der Waals surface area contributed by atoms with Gasteiger partial charge in [0.2, 0.25) is 5.91 Å². The van der Waals surface area contributed by atoms with Crippen molar-refractivity contribution in [3.8, 4) is 5.69 Å². The van der Waals surface area contributed by atoms with E-state index in [4.69, 9.17) is 11.6 Å².